The fourth-order valence-corrected chi connectivity index (χ4v) is 4.04. The number of likely N-dealkylation sites (tertiary alicyclic amines) is 1. The summed E-state index contributed by atoms with van der Waals surface area (Å²) < 4.78 is 40.5. The van der Waals surface area contributed by atoms with Gasteiger partial charge in [0.05, 0.1) is 17.5 Å². The molecule has 3 nitrogen and oxygen atoms in total. The average Bonchev–Trinajstić information content (AvgIpc) is 2.62. The minimum Gasteiger partial charge on any atom is -0.481 e. The van der Waals surface area contributed by atoms with Crippen LogP contribution in [0.15, 0.2) is 53.0 Å². The summed E-state index contributed by atoms with van der Waals surface area (Å²) in [5, 5.41) is 9.39. The Labute approximate surface area is 163 Å². The summed E-state index contributed by atoms with van der Waals surface area (Å²) in [5.74, 6) is -1.38. The number of carboxylic acids is 1. The molecule has 0 saturated carbocycles. The minimum absolute atomic E-state index is 0.308. The Bertz CT molecular complexity index is 825. The number of rotatable bonds is 4. The number of hydrogen-bond donors (Lipinski definition) is 1. The van der Waals surface area contributed by atoms with Gasteiger partial charge >= 0.3 is 12.1 Å². The largest absolute Gasteiger partial charge is 0.481 e. The van der Waals surface area contributed by atoms with Crippen molar-refractivity contribution in [2.24, 2.45) is 5.92 Å². The topological polar surface area (TPSA) is 40.5 Å². The molecule has 2 aromatic rings. The summed E-state index contributed by atoms with van der Waals surface area (Å²) in [7, 11) is 0. The summed E-state index contributed by atoms with van der Waals surface area (Å²) in [4.78, 5) is 13.4. The fourth-order valence-electron chi connectivity index (χ4n) is 3.62. The van der Waals surface area contributed by atoms with Crippen molar-refractivity contribution in [3.05, 3.63) is 69.7 Å². The molecule has 0 radical (unpaired) electrons. The lowest BCUT2D eigenvalue weighted by atomic mass is 9.91. The molecule has 2 atom stereocenters. The first-order valence-corrected chi connectivity index (χ1v) is 9.44. The van der Waals surface area contributed by atoms with E-state index >= 15 is 0 Å². The van der Waals surface area contributed by atoms with Crippen LogP contribution in [0.1, 0.15) is 35.6 Å². The van der Waals surface area contributed by atoms with Gasteiger partial charge in [-0.2, -0.15) is 13.2 Å². The number of carboxylic acid groups (broad SMARTS) is 1. The van der Waals surface area contributed by atoms with E-state index in [1.165, 1.54) is 6.07 Å². The van der Waals surface area contributed by atoms with Gasteiger partial charge in [-0.15, -0.1) is 0 Å². The second kappa shape index (κ2) is 8.02. The number of hydrogen-bond acceptors (Lipinski definition) is 2. The predicted molar refractivity (Wildman–Crippen MR) is 99.4 cm³/mol. The second-order valence-corrected chi connectivity index (χ2v) is 7.67. The first-order valence-electron chi connectivity index (χ1n) is 8.65. The van der Waals surface area contributed by atoms with E-state index in [0.29, 0.717) is 31.5 Å². The molecule has 1 saturated heterocycles. The van der Waals surface area contributed by atoms with E-state index in [1.807, 2.05) is 29.2 Å². The molecule has 0 spiro atoms. The lowest BCUT2D eigenvalue weighted by Crippen LogP contribution is -2.41. The zero-order valence-corrected chi connectivity index (χ0v) is 16.0. The maximum Gasteiger partial charge on any atom is 0.416 e. The molecule has 1 heterocycles. The van der Waals surface area contributed by atoms with Crippen molar-refractivity contribution in [2.45, 2.75) is 25.1 Å². The molecule has 1 aliphatic rings. The molecule has 2 aromatic carbocycles. The van der Waals surface area contributed by atoms with Gasteiger partial charge in [-0.25, -0.2) is 0 Å². The highest BCUT2D eigenvalue weighted by Gasteiger charge is 2.34. The summed E-state index contributed by atoms with van der Waals surface area (Å²) in [5.41, 5.74) is 0.635. The Balaban J connectivity index is 2.04. The van der Waals surface area contributed by atoms with E-state index in [-0.39, 0.29) is 0 Å². The zero-order valence-electron chi connectivity index (χ0n) is 14.4. The molecule has 1 N–H and O–H groups in total. The molecule has 27 heavy (non-hydrogen) atoms. The van der Waals surface area contributed by atoms with Crippen molar-refractivity contribution in [2.75, 3.05) is 13.1 Å². The van der Waals surface area contributed by atoms with Gasteiger partial charge in [-0.05, 0) is 54.8 Å². The van der Waals surface area contributed by atoms with Crippen LogP contribution in [0.4, 0.5) is 13.2 Å². The lowest BCUT2D eigenvalue weighted by Gasteiger charge is -2.38. The number of alkyl halides is 3. The third kappa shape index (κ3) is 4.71. The Morgan fingerprint density at radius 2 is 1.81 bits per heavy atom. The standard InChI is InChI=1S/C20H19BrF3NO2/c21-17-8-2-5-14(11-17)18(25-9-3-6-15(12-25)19(26)27)13-4-1-7-16(10-13)20(22,23)24/h1-2,4-5,7-8,10-11,15,18H,3,6,9,12H2,(H,26,27). The van der Waals surface area contributed by atoms with Gasteiger partial charge < -0.3 is 5.11 Å². The zero-order chi connectivity index (χ0) is 19.6. The third-order valence-electron chi connectivity index (χ3n) is 4.86. The molecular formula is C20H19BrF3NO2. The van der Waals surface area contributed by atoms with Crippen LogP contribution in [0.5, 0.6) is 0 Å². The van der Waals surface area contributed by atoms with Crippen molar-refractivity contribution in [1.29, 1.82) is 0 Å². The molecule has 0 aromatic heterocycles. The maximum atomic E-state index is 13.2. The van der Waals surface area contributed by atoms with Crippen molar-refractivity contribution >= 4 is 21.9 Å². The number of piperidine rings is 1. The lowest BCUT2D eigenvalue weighted by molar-refractivity contribution is -0.143. The Morgan fingerprint density at radius 3 is 2.44 bits per heavy atom. The second-order valence-electron chi connectivity index (χ2n) is 6.75. The number of carbonyl (C=O) groups is 1. The van der Waals surface area contributed by atoms with Crippen LogP contribution < -0.4 is 0 Å². The van der Waals surface area contributed by atoms with Crippen LogP contribution in [0, 0.1) is 5.92 Å². The van der Waals surface area contributed by atoms with E-state index in [1.54, 1.807) is 6.07 Å². The van der Waals surface area contributed by atoms with Gasteiger partial charge in [0, 0.05) is 11.0 Å². The van der Waals surface area contributed by atoms with Crippen LogP contribution in [0.2, 0.25) is 0 Å². The molecule has 7 heteroatoms. The fraction of sp³-hybridized carbons (Fsp3) is 0.350. The van der Waals surface area contributed by atoms with Crippen LogP contribution in [-0.2, 0) is 11.0 Å². The van der Waals surface area contributed by atoms with Crippen molar-refractivity contribution in [3.8, 4) is 0 Å². The predicted octanol–water partition coefficient (Wildman–Crippen LogP) is 5.35. The van der Waals surface area contributed by atoms with Crippen molar-refractivity contribution in [1.82, 2.24) is 4.90 Å². The molecule has 1 fully saturated rings. The summed E-state index contributed by atoms with van der Waals surface area (Å²) in [6.45, 7) is 0.944. The van der Waals surface area contributed by atoms with E-state index in [2.05, 4.69) is 15.9 Å². The van der Waals surface area contributed by atoms with E-state index in [9.17, 15) is 23.1 Å². The molecular weight excluding hydrogens is 423 g/mol. The highest BCUT2D eigenvalue weighted by atomic mass is 79.9. The van der Waals surface area contributed by atoms with Crippen molar-refractivity contribution < 1.29 is 23.1 Å². The number of benzene rings is 2. The third-order valence-corrected chi connectivity index (χ3v) is 5.35. The van der Waals surface area contributed by atoms with Gasteiger partial charge in [-0.3, -0.25) is 9.69 Å². The molecule has 1 aliphatic heterocycles. The van der Waals surface area contributed by atoms with Crippen LogP contribution >= 0.6 is 15.9 Å². The molecule has 2 unspecified atom stereocenters. The van der Waals surface area contributed by atoms with Gasteiger partial charge in [-0.1, -0.05) is 40.2 Å². The highest BCUT2D eigenvalue weighted by Crippen LogP contribution is 2.37. The van der Waals surface area contributed by atoms with Crippen LogP contribution in [0.3, 0.4) is 0 Å². The molecule has 0 bridgehead atoms. The van der Waals surface area contributed by atoms with Gasteiger partial charge in [0.2, 0.25) is 0 Å². The molecule has 3 rings (SSSR count). The van der Waals surface area contributed by atoms with E-state index < -0.39 is 29.7 Å². The first-order chi connectivity index (χ1) is 12.8. The highest BCUT2D eigenvalue weighted by molar-refractivity contribution is 9.10. The van der Waals surface area contributed by atoms with E-state index in [4.69, 9.17) is 0 Å². The normalized spacial score (nSPS) is 19.6. The molecule has 144 valence electrons. The summed E-state index contributed by atoms with van der Waals surface area (Å²) in [6.07, 6.45) is -3.15. The molecule has 0 aliphatic carbocycles. The van der Waals surface area contributed by atoms with Gasteiger partial charge in [0.15, 0.2) is 0 Å². The first kappa shape index (κ1) is 19.9. The Kier molecular flexibility index (Phi) is 5.91. The van der Waals surface area contributed by atoms with E-state index in [0.717, 1.165) is 22.2 Å². The monoisotopic (exact) mass is 441 g/mol. The van der Waals surface area contributed by atoms with Crippen LogP contribution in [-0.4, -0.2) is 29.1 Å². The smallest absolute Gasteiger partial charge is 0.416 e. The van der Waals surface area contributed by atoms with Crippen molar-refractivity contribution in [3.63, 3.8) is 0 Å². The minimum atomic E-state index is -4.43. The number of aliphatic carboxylic acids is 1. The molecule has 0 amide bonds. The quantitative estimate of drug-likeness (QED) is 0.694. The summed E-state index contributed by atoms with van der Waals surface area (Å²) in [6, 6.07) is 12.3. The number of halogens is 4. The Hall–Kier alpha value is -1.86. The number of nitrogens with zero attached hydrogens (tertiary/aromatic N) is 1. The van der Waals surface area contributed by atoms with Gasteiger partial charge in [0.25, 0.3) is 0 Å². The average molecular weight is 442 g/mol. The van der Waals surface area contributed by atoms with Gasteiger partial charge in [0.1, 0.15) is 0 Å². The maximum absolute atomic E-state index is 13.2. The summed E-state index contributed by atoms with van der Waals surface area (Å²) >= 11 is 3.42. The SMILES string of the molecule is O=C(O)C1CCCN(C(c2cccc(Br)c2)c2cccc(C(F)(F)F)c2)C1. The Morgan fingerprint density at radius 1 is 1.15 bits per heavy atom. The van der Waals surface area contributed by atoms with Crippen LogP contribution in [0.25, 0.3) is 0 Å².